The zero-order valence-electron chi connectivity index (χ0n) is 15.4. The minimum Gasteiger partial charge on any atom is -0.497 e. The molecule has 0 spiro atoms. The largest absolute Gasteiger partial charge is 0.497 e. The van der Waals surface area contributed by atoms with E-state index in [-0.39, 0.29) is 37.2 Å². The highest BCUT2D eigenvalue weighted by molar-refractivity contribution is 5.87. The summed E-state index contributed by atoms with van der Waals surface area (Å²) in [5, 5.41) is 0. The van der Waals surface area contributed by atoms with Crippen LogP contribution in [0.25, 0.3) is 0 Å². The number of primary amides is 1. The van der Waals surface area contributed by atoms with Gasteiger partial charge in [-0.1, -0.05) is 0 Å². The van der Waals surface area contributed by atoms with E-state index in [2.05, 4.69) is 0 Å². The highest BCUT2D eigenvalue weighted by Crippen LogP contribution is 2.39. The Hall–Kier alpha value is -2.38. The molecule has 0 unspecified atom stereocenters. The zero-order valence-corrected chi connectivity index (χ0v) is 15.4. The second kappa shape index (κ2) is 7.09. The number of ether oxygens (including phenoxy) is 2. The summed E-state index contributed by atoms with van der Waals surface area (Å²) < 4.78 is 39.2. The summed E-state index contributed by atoms with van der Waals surface area (Å²) in [5.74, 6) is -2.61. The third-order valence-corrected chi connectivity index (χ3v) is 4.47. The Bertz CT molecular complexity index is 685. The van der Waals surface area contributed by atoms with Crippen molar-refractivity contribution in [2.24, 2.45) is 5.73 Å². The van der Waals surface area contributed by atoms with Gasteiger partial charge in [0.1, 0.15) is 23.0 Å². The molecule has 1 aromatic carbocycles. The molecular weight excluding hydrogens is 346 g/mol. The van der Waals surface area contributed by atoms with Crippen LogP contribution in [0.3, 0.4) is 0 Å². The molecule has 0 bridgehead atoms. The fraction of sp³-hybridized carbons (Fsp3) is 0.556. The molecule has 2 rings (SSSR count). The number of hydrogen-bond acceptors (Lipinski definition) is 4. The lowest BCUT2D eigenvalue weighted by atomic mass is 9.71. The molecule has 0 aliphatic carbocycles. The third-order valence-electron chi connectivity index (χ3n) is 4.47. The van der Waals surface area contributed by atoms with Crippen molar-refractivity contribution in [1.29, 1.82) is 0 Å². The molecule has 1 saturated heterocycles. The van der Waals surface area contributed by atoms with E-state index < -0.39 is 34.7 Å². The highest BCUT2D eigenvalue weighted by Gasteiger charge is 2.46. The maximum atomic E-state index is 14.5. The van der Waals surface area contributed by atoms with Gasteiger partial charge in [0.25, 0.3) is 0 Å². The lowest BCUT2D eigenvalue weighted by Gasteiger charge is -2.40. The molecule has 1 fully saturated rings. The van der Waals surface area contributed by atoms with E-state index in [0.717, 1.165) is 12.1 Å². The molecule has 1 aromatic rings. The van der Waals surface area contributed by atoms with Crippen LogP contribution in [0, 0.1) is 11.6 Å². The van der Waals surface area contributed by atoms with Crippen LogP contribution in [0.1, 0.15) is 39.2 Å². The Kier molecular flexibility index (Phi) is 5.44. The van der Waals surface area contributed by atoms with Crippen LogP contribution in [0.2, 0.25) is 0 Å². The molecule has 6 nitrogen and oxygen atoms in total. The van der Waals surface area contributed by atoms with E-state index in [4.69, 9.17) is 15.2 Å². The van der Waals surface area contributed by atoms with Crippen LogP contribution in [0.5, 0.6) is 5.75 Å². The molecule has 0 aromatic heterocycles. The maximum absolute atomic E-state index is 14.5. The Labute approximate surface area is 151 Å². The number of amides is 2. The molecule has 1 heterocycles. The van der Waals surface area contributed by atoms with Crippen molar-refractivity contribution in [1.82, 2.24) is 4.90 Å². The Morgan fingerprint density at radius 2 is 1.65 bits per heavy atom. The lowest BCUT2D eigenvalue weighted by molar-refractivity contribution is -0.125. The molecule has 26 heavy (non-hydrogen) atoms. The topological polar surface area (TPSA) is 81.9 Å². The van der Waals surface area contributed by atoms with E-state index in [0.29, 0.717) is 0 Å². The van der Waals surface area contributed by atoms with Gasteiger partial charge in [-0.15, -0.1) is 0 Å². The Morgan fingerprint density at radius 1 is 1.15 bits per heavy atom. The first-order valence-electron chi connectivity index (χ1n) is 8.31. The average molecular weight is 370 g/mol. The van der Waals surface area contributed by atoms with Crippen molar-refractivity contribution in [3.05, 3.63) is 29.3 Å². The van der Waals surface area contributed by atoms with Gasteiger partial charge in [-0.25, -0.2) is 13.6 Å². The van der Waals surface area contributed by atoms with Gasteiger partial charge in [-0.3, -0.25) is 4.79 Å². The maximum Gasteiger partial charge on any atom is 0.410 e. The van der Waals surface area contributed by atoms with Crippen LogP contribution < -0.4 is 10.5 Å². The minimum atomic E-state index is -1.53. The van der Waals surface area contributed by atoms with Crippen LogP contribution in [0.4, 0.5) is 13.6 Å². The van der Waals surface area contributed by atoms with Crippen molar-refractivity contribution in [3.63, 3.8) is 0 Å². The van der Waals surface area contributed by atoms with Crippen molar-refractivity contribution >= 4 is 12.0 Å². The number of nitrogens with two attached hydrogens (primary N) is 1. The first-order chi connectivity index (χ1) is 12.0. The Balaban J connectivity index is 2.30. The van der Waals surface area contributed by atoms with E-state index in [1.54, 1.807) is 20.8 Å². The molecule has 2 N–H and O–H groups in total. The number of halogens is 2. The number of likely N-dealkylation sites (tertiary alicyclic amines) is 1. The van der Waals surface area contributed by atoms with Crippen LogP contribution in [0.15, 0.2) is 12.1 Å². The molecular formula is C18H24F2N2O4. The van der Waals surface area contributed by atoms with Gasteiger partial charge >= 0.3 is 6.09 Å². The second-order valence-electron chi connectivity index (χ2n) is 7.38. The van der Waals surface area contributed by atoms with Gasteiger partial charge in [-0.05, 0) is 33.6 Å². The molecule has 144 valence electrons. The minimum absolute atomic E-state index is 0.00173. The fourth-order valence-corrected chi connectivity index (χ4v) is 3.14. The molecule has 0 radical (unpaired) electrons. The van der Waals surface area contributed by atoms with Gasteiger partial charge in [0.2, 0.25) is 5.91 Å². The smallest absolute Gasteiger partial charge is 0.410 e. The molecule has 2 amide bonds. The van der Waals surface area contributed by atoms with Crippen molar-refractivity contribution < 1.29 is 27.8 Å². The van der Waals surface area contributed by atoms with E-state index in [1.165, 1.54) is 12.0 Å². The summed E-state index contributed by atoms with van der Waals surface area (Å²) in [5.41, 5.74) is 2.96. The number of nitrogens with zero attached hydrogens (tertiary/aromatic N) is 1. The molecule has 0 atom stereocenters. The molecule has 8 heteroatoms. The Morgan fingerprint density at radius 3 is 2.04 bits per heavy atom. The summed E-state index contributed by atoms with van der Waals surface area (Å²) in [4.78, 5) is 25.7. The zero-order chi connectivity index (χ0) is 19.7. The number of rotatable bonds is 3. The monoisotopic (exact) mass is 370 g/mol. The number of methoxy groups -OCH3 is 1. The van der Waals surface area contributed by atoms with Gasteiger partial charge in [-0.2, -0.15) is 0 Å². The standard InChI is InChI=1S/C18H24F2N2O4/c1-17(2,3)26-16(24)22-7-5-18(6-8-22,15(21)23)14-12(19)9-11(25-4)10-13(14)20/h9-10H,5-8H2,1-4H3,(H2,21,23). The summed E-state index contributed by atoms with van der Waals surface area (Å²) in [6, 6.07) is 2.03. The predicted octanol–water partition coefficient (Wildman–Crippen LogP) is 2.73. The molecule has 0 saturated carbocycles. The van der Waals surface area contributed by atoms with Crippen LogP contribution in [-0.4, -0.2) is 42.7 Å². The molecule has 1 aliphatic heterocycles. The van der Waals surface area contributed by atoms with Crippen molar-refractivity contribution in [2.45, 2.75) is 44.6 Å². The van der Waals surface area contributed by atoms with Gasteiger partial charge < -0.3 is 20.1 Å². The van der Waals surface area contributed by atoms with E-state index in [9.17, 15) is 18.4 Å². The van der Waals surface area contributed by atoms with E-state index in [1.807, 2.05) is 0 Å². The van der Waals surface area contributed by atoms with Gasteiger partial charge in [0.15, 0.2) is 0 Å². The quantitative estimate of drug-likeness (QED) is 0.887. The first kappa shape index (κ1) is 19.9. The fourth-order valence-electron chi connectivity index (χ4n) is 3.14. The number of carbonyl (C=O) groups excluding carboxylic acids is 2. The average Bonchev–Trinajstić information content (AvgIpc) is 2.52. The first-order valence-corrected chi connectivity index (χ1v) is 8.31. The summed E-state index contributed by atoms with van der Waals surface area (Å²) in [6.45, 7) is 5.42. The third kappa shape index (κ3) is 3.89. The predicted molar refractivity (Wildman–Crippen MR) is 90.8 cm³/mol. The molecule has 1 aliphatic rings. The summed E-state index contributed by atoms with van der Waals surface area (Å²) in [6.07, 6.45) is -0.532. The van der Waals surface area contributed by atoms with Gasteiger partial charge in [0, 0.05) is 30.8 Å². The number of benzene rings is 1. The number of piperidine rings is 1. The van der Waals surface area contributed by atoms with E-state index >= 15 is 0 Å². The lowest BCUT2D eigenvalue weighted by Crippen LogP contribution is -2.52. The second-order valence-corrected chi connectivity index (χ2v) is 7.38. The summed E-state index contributed by atoms with van der Waals surface area (Å²) >= 11 is 0. The SMILES string of the molecule is COc1cc(F)c(C2(C(N)=O)CCN(C(=O)OC(C)(C)C)CC2)c(F)c1. The van der Waals surface area contributed by atoms with Gasteiger partial charge in [0.05, 0.1) is 12.5 Å². The van der Waals surface area contributed by atoms with Crippen molar-refractivity contribution in [2.75, 3.05) is 20.2 Å². The highest BCUT2D eigenvalue weighted by atomic mass is 19.1. The normalized spacial score (nSPS) is 16.9. The number of carbonyl (C=O) groups is 2. The van der Waals surface area contributed by atoms with Crippen LogP contribution in [-0.2, 0) is 14.9 Å². The number of hydrogen-bond donors (Lipinski definition) is 1. The summed E-state index contributed by atoms with van der Waals surface area (Å²) in [7, 11) is 1.29. The van der Waals surface area contributed by atoms with Crippen LogP contribution >= 0.6 is 0 Å². The van der Waals surface area contributed by atoms with Crippen molar-refractivity contribution in [3.8, 4) is 5.75 Å².